The SMILES string of the molecule is N=NOON. The Hall–Kier alpha value is -0.680. The lowest BCUT2D eigenvalue weighted by Crippen LogP contribution is -1.93. The number of nitrogens with zero attached hydrogens (tertiary/aromatic N) is 1. The highest BCUT2D eigenvalue weighted by Gasteiger charge is 1.57. The monoisotopic (exact) mass is 77.0 g/mol. The highest BCUT2D eigenvalue weighted by atomic mass is 17.3. The Morgan fingerprint density at radius 1 is 1.80 bits per heavy atom. The highest BCUT2D eigenvalue weighted by Crippen LogP contribution is 1.61. The van der Waals surface area contributed by atoms with Crippen molar-refractivity contribution in [3.8, 4) is 0 Å². The van der Waals surface area contributed by atoms with Crippen molar-refractivity contribution < 1.29 is 9.98 Å². The Kier molecular flexibility index (Phi) is 2.87. The van der Waals surface area contributed by atoms with E-state index in [0.717, 1.165) is 0 Å². The summed E-state index contributed by atoms with van der Waals surface area (Å²) >= 11 is 0. The van der Waals surface area contributed by atoms with Crippen LogP contribution in [0.25, 0.3) is 0 Å². The number of hydrogen-bond acceptors (Lipinski definition) is 5. The Balaban J connectivity index is 2.40. The minimum Gasteiger partial charge on any atom is -0.181 e. The topological polar surface area (TPSA) is 80.7 Å². The van der Waals surface area contributed by atoms with E-state index >= 15 is 0 Å². The molecule has 0 aromatic carbocycles. The van der Waals surface area contributed by atoms with Crippen LogP contribution in [0.3, 0.4) is 0 Å². The molecule has 0 aliphatic heterocycles. The summed E-state index contributed by atoms with van der Waals surface area (Å²) in [5.41, 5.74) is 5.80. The molecule has 0 aliphatic carbocycles. The molecule has 0 rings (SSSR count). The molecule has 5 nitrogen and oxygen atoms in total. The summed E-state index contributed by atoms with van der Waals surface area (Å²) in [5.74, 6) is 4.20. The Bertz CT molecular complexity index is 26.1. The van der Waals surface area contributed by atoms with Crippen molar-refractivity contribution >= 4 is 0 Å². The molecular formula is H3N3O2. The van der Waals surface area contributed by atoms with Gasteiger partial charge in [0, 0.05) is 0 Å². The van der Waals surface area contributed by atoms with Crippen LogP contribution in [0.15, 0.2) is 5.28 Å². The average molecular weight is 77.0 g/mol. The Morgan fingerprint density at radius 3 is 2.40 bits per heavy atom. The fourth-order valence-electron chi connectivity index (χ4n) is 0.0215. The maximum absolute atomic E-state index is 5.80. The molecule has 3 N–H and O–H groups in total. The zero-order valence-corrected chi connectivity index (χ0v) is 2.34. The predicted molar refractivity (Wildman–Crippen MR) is 11.5 cm³/mol. The first-order valence-electron chi connectivity index (χ1n) is 0.809. The van der Waals surface area contributed by atoms with Crippen LogP contribution in [0.1, 0.15) is 0 Å². The molecule has 0 radical (unpaired) electrons. The molecular weight excluding hydrogens is 74.0 g/mol. The van der Waals surface area contributed by atoms with Gasteiger partial charge in [0.15, 0.2) is 0 Å². The minimum absolute atomic E-state index is 2.26. The van der Waals surface area contributed by atoms with Crippen molar-refractivity contribution in [1.82, 2.24) is 0 Å². The van der Waals surface area contributed by atoms with Crippen molar-refractivity contribution in [2.45, 2.75) is 0 Å². The van der Waals surface area contributed by atoms with E-state index in [2.05, 4.69) is 21.2 Å². The van der Waals surface area contributed by atoms with Gasteiger partial charge in [-0.3, -0.25) is 0 Å². The number of hydrogen-bond donors (Lipinski definition) is 2. The second-order valence-electron chi connectivity index (χ2n) is 0.262. The molecule has 0 aromatic heterocycles. The van der Waals surface area contributed by atoms with Crippen molar-refractivity contribution in [1.29, 1.82) is 5.53 Å². The zero-order valence-electron chi connectivity index (χ0n) is 2.34. The van der Waals surface area contributed by atoms with Gasteiger partial charge >= 0.3 is 0 Å². The number of nitrogens with one attached hydrogen (secondary N) is 1. The van der Waals surface area contributed by atoms with Crippen molar-refractivity contribution in [3.63, 3.8) is 0 Å². The largest absolute Gasteiger partial charge is 0.181 e. The maximum Gasteiger partial charge on any atom is 0.0592 e. The third-order valence-corrected chi connectivity index (χ3v) is 0.0803. The molecule has 0 amide bonds. The third-order valence-electron chi connectivity index (χ3n) is 0.0803. The molecule has 5 heteroatoms. The lowest BCUT2D eigenvalue weighted by atomic mass is 13.1. The predicted octanol–water partition coefficient (Wildman–Crippen LogP) is -0.246. The Labute approximate surface area is 28.0 Å². The summed E-state index contributed by atoms with van der Waals surface area (Å²) < 4.78 is 0. The first kappa shape index (κ1) is 4.32. The van der Waals surface area contributed by atoms with Gasteiger partial charge in [-0.05, 0) is 0 Å². The molecule has 0 unspecified atom stereocenters. The van der Waals surface area contributed by atoms with Crippen LogP contribution in [0, 0.1) is 5.53 Å². The summed E-state index contributed by atoms with van der Waals surface area (Å²) in [6, 6.07) is 0. The van der Waals surface area contributed by atoms with Gasteiger partial charge in [0.1, 0.15) is 0 Å². The van der Waals surface area contributed by atoms with Gasteiger partial charge in [-0.2, -0.15) is 16.4 Å². The fraction of sp³-hybridized carbons (Fsp3) is 0. The Morgan fingerprint density at radius 2 is 2.40 bits per heavy atom. The minimum atomic E-state index is 2.26. The molecule has 5 heavy (non-hydrogen) atoms. The van der Waals surface area contributed by atoms with E-state index in [1.54, 1.807) is 0 Å². The van der Waals surface area contributed by atoms with Crippen LogP contribution in [0.5, 0.6) is 0 Å². The van der Waals surface area contributed by atoms with Crippen LogP contribution in [-0.2, 0) is 9.98 Å². The number of rotatable bonds is 2. The van der Waals surface area contributed by atoms with Gasteiger partial charge in [-0.25, -0.2) is 0 Å². The second kappa shape index (κ2) is 3.32. The van der Waals surface area contributed by atoms with Crippen LogP contribution in [0.2, 0.25) is 0 Å². The van der Waals surface area contributed by atoms with E-state index in [9.17, 15) is 0 Å². The summed E-state index contributed by atoms with van der Waals surface area (Å²) in [4.78, 5) is 6.74. The normalized spacial score (nSPS) is 6.60. The fourth-order valence-corrected chi connectivity index (χ4v) is 0.0215. The van der Waals surface area contributed by atoms with Crippen LogP contribution in [0.4, 0.5) is 0 Å². The second-order valence-corrected chi connectivity index (χ2v) is 0.262. The van der Waals surface area contributed by atoms with Gasteiger partial charge in [0.2, 0.25) is 0 Å². The summed E-state index contributed by atoms with van der Waals surface area (Å²) in [5, 5.41) is 2.26. The van der Waals surface area contributed by atoms with E-state index in [0.29, 0.717) is 0 Å². The third kappa shape index (κ3) is 3.32. The summed E-state index contributed by atoms with van der Waals surface area (Å²) in [7, 11) is 0. The highest BCUT2D eigenvalue weighted by molar-refractivity contribution is 3.38. The smallest absolute Gasteiger partial charge is 0.0592 e. The van der Waals surface area contributed by atoms with Gasteiger partial charge in [0.05, 0.1) is 5.28 Å². The molecule has 0 aromatic rings. The van der Waals surface area contributed by atoms with E-state index in [-0.39, 0.29) is 0 Å². The average Bonchev–Trinajstić information content (AvgIpc) is 1.41. The van der Waals surface area contributed by atoms with E-state index in [1.165, 1.54) is 0 Å². The molecule has 0 saturated carbocycles. The molecule has 0 saturated heterocycles. The molecule has 0 aliphatic rings. The quantitative estimate of drug-likeness (QED) is 0.271. The van der Waals surface area contributed by atoms with Crippen molar-refractivity contribution in [3.05, 3.63) is 0 Å². The lowest BCUT2D eigenvalue weighted by molar-refractivity contribution is -0.309. The van der Waals surface area contributed by atoms with E-state index in [4.69, 9.17) is 5.53 Å². The van der Waals surface area contributed by atoms with Crippen molar-refractivity contribution in [2.24, 2.45) is 11.2 Å². The molecule has 30 valence electrons. The first-order valence-corrected chi connectivity index (χ1v) is 0.809. The molecule has 0 heterocycles. The van der Waals surface area contributed by atoms with Gasteiger partial charge in [-0.1, -0.05) is 4.99 Å². The lowest BCUT2D eigenvalue weighted by Gasteiger charge is -1.77. The standard InChI is InChI=1S/H3N3O2/c1-3-5-4-2/h1H,2H2. The zero-order chi connectivity index (χ0) is 4.12. The van der Waals surface area contributed by atoms with Gasteiger partial charge < -0.3 is 0 Å². The van der Waals surface area contributed by atoms with Crippen LogP contribution >= 0.6 is 0 Å². The van der Waals surface area contributed by atoms with Crippen LogP contribution < -0.4 is 5.90 Å². The van der Waals surface area contributed by atoms with Crippen molar-refractivity contribution in [2.75, 3.05) is 0 Å². The maximum atomic E-state index is 5.80. The number of nitrogens with two attached hydrogens (primary N) is 1. The first-order chi connectivity index (χ1) is 2.41. The molecule has 0 atom stereocenters. The molecule has 0 fully saturated rings. The van der Waals surface area contributed by atoms with Gasteiger partial charge in [0.25, 0.3) is 0 Å². The summed E-state index contributed by atoms with van der Waals surface area (Å²) in [6.07, 6.45) is 0. The van der Waals surface area contributed by atoms with E-state index in [1.807, 2.05) is 0 Å². The van der Waals surface area contributed by atoms with E-state index < -0.39 is 0 Å². The van der Waals surface area contributed by atoms with Crippen LogP contribution in [-0.4, -0.2) is 0 Å². The summed E-state index contributed by atoms with van der Waals surface area (Å²) in [6.45, 7) is 0. The van der Waals surface area contributed by atoms with Gasteiger partial charge in [-0.15, -0.1) is 0 Å². The molecule has 0 bridgehead atoms. The molecule has 0 spiro atoms.